The Hall–Kier alpha value is -1.95. The van der Waals surface area contributed by atoms with Crippen LogP contribution in [0.4, 0.5) is 0 Å². The van der Waals surface area contributed by atoms with Gasteiger partial charge in [0.2, 0.25) is 0 Å². The van der Waals surface area contributed by atoms with Gasteiger partial charge in [0.25, 0.3) is 11.5 Å². The first-order valence-electron chi connectivity index (χ1n) is 8.46. The molecule has 1 saturated heterocycles. The Morgan fingerprint density at radius 2 is 1.96 bits per heavy atom. The highest BCUT2D eigenvalue weighted by atomic mass is 32.1. The Morgan fingerprint density at radius 3 is 2.58 bits per heavy atom. The van der Waals surface area contributed by atoms with Gasteiger partial charge in [-0.3, -0.25) is 14.2 Å². The maximum atomic E-state index is 12.8. The fourth-order valence-electron chi connectivity index (χ4n) is 3.69. The van der Waals surface area contributed by atoms with Gasteiger partial charge in [0, 0.05) is 25.2 Å². The fraction of sp³-hybridized carbons (Fsp3) is 0.500. The molecule has 2 atom stereocenters. The molecule has 1 aromatic heterocycles. The molecule has 2 heterocycles. The lowest BCUT2D eigenvalue weighted by Crippen LogP contribution is -2.42. The van der Waals surface area contributed by atoms with Crippen LogP contribution in [0.2, 0.25) is 0 Å². The smallest absolute Gasteiger partial charge is 0.262 e. The lowest BCUT2D eigenvalue weighted by molar-refractivity contribution is 0.0623. The number of nitrogens with one attached hydrogen (secondary N) is 1. The van der Waals surface area contributed by atoms with E-state index in [1.807, 2.05) is 11.8 Å². The fourth-order valence-corrected chi connectivity index (χ4v) is 4.01. The molecule has 128 valence electrons. The zero-order valence-corrected chi connectivity index (χ0v) is 15.2. The van der Waals surface area contributed by atoms with Crippen LogP contribution in [0.15, 0.2) is 23.0 Å². The Bertz CT molecular complexity index is 889. The van der Waals surface area contributed by atoms with Crippen LogP contribution in [0.25, 0.3) is 10.9 Å². The van der Waals surface area contributed by atoms with Crippen LogP contribution in [0.5, 0.6) is 0 Å². The average Bonchev–Trinajstić information content (AvgIpc) is 2.53. The van der Waals surface area contributed by atoms with Crippen LogP contribution in [0, 0.1) is 16.6 Å². The third-order valence-corrected chi connectivity index (χ3v) is 5.02. The van der Waals surface area contributed by atoms with Crippen molar-refractivity contribution in [2.45, 2.75) is 33.7 Å². The van der Waals surface area contributed by atoms with Gasteiger partial charge in [-0.2, -0.15) is 0 Å². The molecule has 0 bridgehead atoms. The van der Waals surface area contributed by atoms with Crippen LogP contribution >= 0.6 is 12.2 Å². The number of aromatic nitrogens is 2. The SMILES string of the molecule is CCn1c(=S)[nH]c2cc(C(=O)N3CC(C)CC(C)C3)ccc2c1=O. The standard InChI is InChI=1S/C18H23N3O2S/c1-4-21-17(23)14-6-5-13(8-15(14)19-18(21)24)16(22)20-9-11(2)7-12(3)10-20/h5-6,8,11-12H,4,7,9-10H2,1-3H3,(H,19,24). The second-order valence-electron chi connectivity index (χ2n) is 6.90. The summed E-state index contributed by atoms with van der Waals surface area (Å²) < 4.78 is 1.91. The number of hydrogen-bond donors (Lipinski definition) is 1. The van der Waals surface area contributed by atoms with Gasteiger partial charge in [0.15, 0.2) is 4.77 Å². The summed E-state index contributed by atoms with van der Waals surface area (Å²) in [6, 6.07) is 5.21. The summed E-state index contributed by atoms with van der Waals surface area (Å²) in [5.41, 5.74) is 1.11. The molecule has 6 heteroatoms. The molecule has 1 amide bonds. The number of H-pyrrole nitrogens is 1. The molecule has 0 spiro atoms. The number of likely N-dealkylation sites (tertiary alicyclic amines) is 1. The zero-order valence-electron chi connectivity index (χ0n) is 14.3. The second-order valence-corrected chi connectivity index (χ2v) is 7.28. The third kappa shape index (κ3) is 3.02. The minimum absolute atomic E-state index is 0.0225. The summed E-state index contributed by atoms with van der Waals surface area (Å²) in [7, 11) is 0. The zero-order chi connectivity index (χ0) is 17.4. The molecule has 0 radical (unpaired) electrons. The van der Waals surface area contributed by atoms with Gasteiger partial charge in [-0.15, -0.1) is 0 Å². The predicted octanol–water partition coefficient (Wildman–Crippen LogP) is 3.20. The molecule has 2 aromatic rings. The van der Waals surface area contributed by atoms with Crippen LogP contribution in [0.1, 0.15) is 37.6 Å². The first-order valence-corrected chi connectivity index (χ1v) is 8.87. The van der Waals surface area contributed by atoms with E-state index in [9.17, 15) is 9.59 Å². The van der Waals surface area contributed by atoms with Crippen LogP contribution in [-0.2, 0) is 6.54 Å². The largest absolute Gasteiger partial charge is 0.338 e. The van der Waals surface area contributed by atoms with Gasteiger partial charge in [0.05, 0.1) is 10.9 Å². The molecule has 1 aliphatic heterocycles. The van der Waals surface area contributed by atoms with Crippen molar-refractivity contribution >= 4 is 29.0 Å². The minimum atomic E-state index is -0.115. The summed E-state index contributed by atoms with van der Waals surface area (Å²) in [4.78, 5) is 30.3. The lowest BCUT2D eigenvalue weighted by Gasteiger charge is -2.35. The van der Waals surface area contributed by atoms with Crippen molar-refractivity contribution in [1.29, 1.82) is 0 Å². The van der Waals surface area contributed by atoms with Crippen LogP contribution in [-0.4, -0.2) is 33.4 Å². The van der Waals surface area contributed by atoms with E-state index < -0.39 is 0 Å². The summed E-state index contributed by atoms with van der Waals surface area (Å²) in [5, 5.41) is 0.558. The number of fused-ring (bicyclic) bond motifs is 1. The summed E-state index contributed by atoms with van der Waals surface area (Å²) in [6.07, 6.45) is 1.16. The molecule has 3 rings (SSSR count). The molecular weight excluding hydrogens is 322 g/mol. The predicted molar refractivity (Wildman–Crippen MR) is 97.9 cm³/mol. The molecule has 1 fully saturated rings. The lowest BCUT2D eigenvalue weighted by atomic mass is 9.91. The van der Waals surface area contributed by atoms with Crippen molar-refractivity contribution in [3.05, 3.63) is 38.9 Å². The van der Waals surface area contributed by atoms with Gasteiger partial charge < -0.3 is 9.88 Å². The van der Waals surface area contributed by atoms with Crippen molar-refractivity contribution in [3.8, 4) is 0 Å². The summed E-state index contributed by atoms with van der Waals surface area (Å²) in [6.45, 7) is 8.34. The Balaban J connectivity index is 2.00. The number of hydrogen-bond acceptors (Lipinski definition) is 3. The highest BCUT2D eigenvalue weighted by Crippen LogP contribution is 2.23. The van der Waals surface area contributed by atoms with E-state index in [2.05, 4.69) is 18.8 Å². The molecule has 2 unspecified atom stereocenters. The molecule has 1 aliphatic rings. The van der Waals surface area contributed by atoms with E-state index >= 15 is 0 Å². The normalized spacial score (nSPS) is 21.2. The number of carbonyl (C=O) groups excluding carboxylic acids is 1. The van der Waals surface area contributed by atoms with Gasteiger partial charge in [-0.05, 0) is 55.6 Å². The summed E-state index contributed by atoms with van der Waals surface area (Å²) in [5.74, 6) is 1.05. The first kappa shape index (κ1) is 16.9. The van der Waals surface area contributed by atoms with E-state index in [4.69, 9.17) is 12.2 Å². The highest BCUT2D eigenvalue weighted by molar-refractivity contribution is 7.71. The number of rotatable bonds is 2. The van der Waals surface area contributed by atoms with Crippen LogP contribution < -0.4 is 5.56 Å². The molecule has 1 N–H and O–H groups in total. The van der Waals surface area contributed by atoms with Crippen molar-refractivity contribution in [2.24, 2.45) is 11.8 Å². The van der Waals surface area contributed by atoms with Crippen molar-refractivity contribution in [3.63, 3.8) is 0 Å². The van der Waals surface area contributed by atoms with E-state index in [0.29, 0.717) is 39.6 Å². The number of piperidine rings is 1. The topological polar surface area (TPSA) is 58.1 Å². The van der Waals surface area contributed by atoms with Gasteiger partial charge in [-0.25, -0.2) is 0 Å². The second kappa shape index (κ2) is 6.51. The molecular formula is C18H23N3O2S. The van der Waals surface area contributed by atoms with Crippen molar-refractivity contribution < 1.29 is 4.79 Å². The van der Waals surface area contributed by atoms with Gasteiger partial charge in [-0.1, -0.05) is 13.8 Å². The Morgan fingerprint density at radius 1 is 1.29 bits per heavy atom. The Kier molecular flexibility index (Phi) is 4.58. The minimum Gasteiger partial charge on any atom is -0.338 e. The molecule has 24 heavy (non-hydrogen) atoms. The maximum Gasteiger partial charge on any atom is 0.262 e. The van der Waals surface area contributed by atoms with E-state index in [1.54, 1.807) is 18.2 Å². The van der Waals surface area contributed by atoms with Gasteiger partial charge in [0.1, 0.15) is 0 Å². The molecule has 5 nitrogen and oxygen atoms in total. The van der Waals surface area contributed by atoms with Crippen LogP contribution in [0.3, 0.4) is 0 Å². The number of carbonyl (C=O) groups is 1. The number of amides is 1. The molecule has 0 aliphatic carbocycles. The van der Waals surface area contributed by atoms with E-state index in [-0.39, 0.29) is 11.5 Å². The maximum absolute atomic E-state index is 12.8. The van der Waals surface area contributed by atoms with E-state index in [1.165, 1.54) is 4.57 Å². The number of benzene rings is 1. The first-order chi connectivity index (χ1) is 11.4. The van der Waals surface area contributed by atoms with Crippen molar-refractivity contribution in [1.82, 2.24) is 14.5 Å². The Labute approximate surface area is 146 Å². The molecule has 1 aromatic carbocycles. The van der Waals surface area contributed by atoms with Gasteiger partial charge >= 0.3 is 0 Å². The third-order valence-electron chi connectivity index (χ3n) is 4.70. The monoisotopic (exact) mass is 345 g/mol. The number of nitrogens with zero attached hydrogens (tertiary/aromatic N) is 2. The summed E-state index contributed by atoms with van der Waals surface area (Å²) >= 11 is 5.24. The van der Waals surface area contributed by atoms with Crippen molar-refractivity contribution in [2.75, 3.05) is 13.1 Å². The van der Waals surface area contributed by atoms with E-state index in [0.717, 1.165) is 19.5 Å². The number of aromatic amines is 1. The quantitative estimate of drug-likeness (QED) is 0.851. The molecule has 0 saturated carbocycles. The highest BCUT2D eigenvalue weighted by Gasteiger charge is 2.26. The average molecular weight is 345 g/mol.